The van der Waals surface area contributed by atoms with Crippen LogP contribution in [0.25, 0.3) is 0 Å². The van der Waals surface area contributed by atoms with Gasteiger partial charge in [-0.3, -0.25) is 0 Å². The van der Waals surface area contributed by atoms with Crippen LogP contribution in [0.15, 0.2) is 18.2 Å². The minimum atomic E-state index is -0.128. The number of hydrogen-bond acceptors (Lipinski definition) is 2. The molecule has 98 valence electrons. The van der Waals surface area contributed by atoms with E-state index in [1.165, 1.54) is 5.56 Å². The largest absolute Gasteiger partial charge is 0.508 e. The number of phenolic OH excluding ortho intramolecular Hbond substituents is 1. The smallest absolute Gasteiger partial charge is 0.119 e. The Balaban J connectivity index is 1.89. The number of aliphatic hydroxyl groups is 1. The fourth-order valence-electron chi connectivity index (χ4n) is 4.15. The van der Waals surface area contributed by atoms with Crippen LogP contribution in [0.5, 0.6) is 5.75 Å². The van der Waals surface area contributed by atoms with Crippen LogP contribution in [0, 0.1) is 17.8 Å². The fourth-order valence-corrected chi connectivity index (χ4v) is 4.15. The minimum Gasteiger partial charge on any atom is -0.508 e. The van der Waals surface area contributed by atoms with Gasteiger partial charge in [-0.15, -0.1) is 0 Å². The zero-order chi connectivity index (χ0) is 12.7. The Kier molecular flexibility index (Phi) is 3.06. The summed E-state index contributed by atoms with van der Waals surface area (Å²) in [4.78, 5) is 0. The molecule has 0 radical (unpaired) electrons. The minimum absolute atomic E-state index is 0.128. The predicted octanol–water partition coefficient (Wildman–Crippen LogP) is 2.90. The van der Waals surface area contributed by atoms with E-state index < -0.39 is 0 Å². The summed E-state index contributed by atoms with van der Waals surface area (Å²) < 4.78 is 0. The van der Waals surface area contributed by atoms with Crippen molar-refractivity contribution in [2.24, 2.45) is 17.8 Å². The van der Waals surface area contributed by atoms with Crippen LogP contribution >= 0.6 is 0 Å². The molecule has 0 spiro atoms. The maximum atomic E-state index is 10.2. The highest BCUT2D eigenvalue weighted by atomic mass is 16.3. The number of fused-ring (bicyclic) bond motifs is 2. The van der Waals surface area contributed by atoms with E-state index in [-0.39, 0.29) is 6.10 Å². The van der Waals surface area contributed by atoms with Gasteiger partial charge in [0.25, 0.3) is 0 Å². The van der Waals surface area contributed by atoms with Gasteiger partial charge >= 0.3 is 0 Å². The third-order valence-corrected chi connectivity index (χ3v) is 4.99. The van der Waals surface area contributed by atoms with E-state index in [1.54, 1.807) is 6.07 Å². The molecule has 0 aliphatic heterocycles. The summed E-state index contributed by atoms with van der Waals surface area (Å²) in [5.74, 6) is 2.10. The van der Waals surface area contributed by atoms with Crippen LogP contribution in [0.4, 0.5) is 0 Å². The first-order chi connectivity index (χ1) is 8.70. The summed E-state index contributed by atoms with van der Waals surface area (Å²) in [6.45, 7) is 2.20. The molecular weight excluding hydrogens is 224 g/mol. The van der Waals surface area contributed by atoms with E-state index in [0.29, 0.717) is 23.5 Å². The molecule has 0 aromatic heterocycles. The number of phenols is 1. The molecule has 0 saturated heterocycles. The zero-order valence-corrected chi connectivity index (χ0v) is 11.0. The van der Waals surface area contributed by atoms with Gasteiger partial charge in [-0.1, -0.05) is 25.5 Å². The van der Waals surface area contributed by atoms with Crippen LogP contribution in [0.2, 0.25) is 0 Å². The molecular formula is C16H22O2. The van der Waals surface area contributed by atoms with Gasteiger partial charge in [-0.05, 0) is 60.6 Å². The molecule has 0 amide bonds. The van der Waals surface area contributed by atoms with Gasteiger partial charge in [0.2, 0.25) is 0 Å². The predicted molar refractivity (Wildman–Crippen MR) is 71.5 cm³/mol. The fraction of sp³-hybridized carbons (Fsp3) is 0.625. The molecule has 2 heteroatoms. The highest BCUT2D eigenvalue weighted by Gasteiger charge is 2.44. The average Bonchev–Trinajstić information content (AvgIpc) is 2.65. The topological polar surface area (TPSA) is 40.5 Å². The molecule has 0 bridgehead atoms. The standard InChI is InChI=1S/C16H22O2/c1-2-4-12-13-7-10-5-3-6-15(17)14(10)8-11(13)9-16(12)18/h3,5-6,11-13,16-18H,2,4,7-9H2,1H3/t11?,12?,13?,16-/m1/s1. The lowest BCUT2D eigenvalue weighted by Gasteiger charge is -2.31. The Bertz CT molecular complexity index is 441. The highest BCUT2D eigenvalue weighted by Crippen LogP contribution is 2.47. The third kappa shape index (κ3) is 1.83. The molecule has 3 unspecified atom stereocenters. The summed E-state index contributed by atoms with van der Waals surface area (Å²) in [5.41, 5.74) is 2.43. The van der Waals surface area contributed by atoms with Gasteiger partial charge in [0.05, 0.1) is 6.10 Å². The number of rotatable bonds is 2. The molecule has 1 saturated carbocycles. The second-order valence-corrected chi connectivity index (χ2v) is 6.00. The summed E-state index contributed by atoms with van der Waals surface area (Å²) >= 11 is 0. The van der Waals surface area contributed by atoms with E-state index in [1.807, 2.05) is 6.07 Å². The first kappa shape index (κ1) is 12.0. The monoisotopic (exact) mass is 246 g/mol. The molecule has 18 heavy (non-hydrogen) atoms. The normalized spacial score (nSPS) is 34.1. The van der Waals surface area contributed by atoms with Crippen LogP contribution in [-0.2, 0) is 12.8 Å². The van der Waals surface area contributed by atoms with Crippen molar-refractivity contribution in [3.8, 4) is 5.75 Å². The molecule has 0 heterocycles. The van der Waals surface area contributed by atoms with Crippen molar-refractivity contribution in [1.29, 1.82) is 0 Å². The maximum absolute atomic E-state index is 10.2. The second kappa shape index (κ2) is 4.58. The van der Waals surface area contributed by atoms with Crippen LogP contribution in [0.1, 0.15) is 37.3 Å². The number of benzene rings is 1. The lowest BCUT2D eigenvalue weighted by Crippen LogP contribution is -2.26. The average molecular weight is 246 g/mol. The van der Waals surface area contributed by atoms with Gasteiger partial charge in [-0.25, -0.2) is 0 Å². The number of hydrogen-bond donors (Lipinski definition) is 2. The lowest BCUT2D eigenvalue weighted by molar-refractivity contribution is 0.111. The Hall–Kier alpha value is -1.02. The van der Waals surface area contributed by atoms with Crippen molar-refractivity contribution in [3.63, 3.8) is 0 Å². The van der Waals surface area contributed by atoms with E-state index in [0.717, 1.165) is 37.7 Å². The first-order valence-corrected chi connectivity index (χ1v) is 7.18. The molecule has 2 N–H and O–H groups in total. The molecule has 2 aliphatic rings. The first-order valence-electron chi connectivity index (χ1n) is 7.18. The number of aromatic hydroxyl groups is 1. The molecule has 2 aliphatic carbocycles. The summed E-state index contributed by atoms with van der Waals surface area (Å²) in [7, 11) is 0. The molecule has 1 fully saturated rings. The van der Waals surface area contributed by atoms with E-state index in [4.69, 9.17) is 0 Å². The van der Waals surface area contributed by atoms with Crippen molar-refractivity contribution in [1.82, 2.24) is 0 Å². The van der Waals surface area contributed by atoms with Crippen LogP contribution < -0.4 is 0 Å². The maximum Gasteiger partial charge on any atom is 0.119 e. The van der Waals surface area contributed by atoms with Crippen molar-refractivity contribution in [2.45, 2.75) is 45.1 Å². The van der Waals surface area contributed by atoms with E-state index in [2.05, 4.69) is 13.0 Å². The van der Waals surface area contributed by atoms with E-state index in [9.17, 15) is 10.2 Å². The molecule has 3 rings (SSSR count). The molecule has 1 aromatic carbocycles. The van der Waals surface area contributed by atoms with Gasteiger partial charge in [0.15, 0.2) is 0 Å². The summed E-state index contributed by atoms with van der Waals surface area (Å²) in [6, 6.07) is 5.86. The van der Waals surface area contributed by atoms with E-state index >= 15 is 0 Å². The van der Waals surface area contributed by atoms with Gasteiger partial charge < -0.3 is 10.2 Å². The molecule has 4 atom stereocenters. The summed E-state index contributed by atoms with van der Waals surface area (Å²) in [5, 5.41) is 20.2. The van der Waals surface area contributed by atoms with Crippen molar-refractivity contribution in [2.75, 3.05) is 0 Å². The lowest BCUT2D eigenvalue weighted by atomic mass is 9.74. The zero-order valence-electron chi connectivity index (χ0n) is 11.0. The second-order valence-electron chi connectivity index (χ2n) is 6.00. The van der Waals surface area contributed by atoms with Gasteiger partial charge in [-0.2, -0.15) is 0 Å². The van der Waals surface area contributed by atoms with Gasteiger partial charge in [0.1, 0.15) is 5.75 Å². The quantitative estimate of drug-likeness (QED) is 0.842. The highest BCUT2D eigenvalue weighted by molar-refractivity contribution is 5.42. The third-order valence-electron chi connectivity index (χ3n) is 4.99. The van der Waals surface area contributed by atoms with Crippen molar-refractivity contribution >= 4 is 0 Å². The van der Waals surface area contributed by atoms with Crippen LogP contribution in [-0.4, -0.2) is 16.3 Å². The Morgan fingerprint density at radius 2 is 2.11 bits per heavy atom. The molecule has 1 aromatic rings. The van der Waals surface area contributed by atoms with Crippen molar-refractivity contribution < 1.29 is 10.2 Å². The Morgan fingerprint density at radius 3 is 2.89 bits per heavy atom. The van der Waals surface area contributed by atoms with Crippen molar-refractivity contribution in [3.05, 3.63) is 29.3 Å². The SMILES string of the molecule is CCCC1C2Cc3cccc(O)c3CC2C[C@H]1O. The van der Waals surface area contributed by atoms with Crippen LogP contribution in [0.3, 0.4) is 0 Å². The number of aliphatic hydroxyl groups excluding tert-OH is 1. The molecule has 2 nitrogen and oxygen atoms in total. The van der Waals surface area contributed by atoms with Gasteiger partial charge in [0, 0.05) is 0 Å². The summed E-state index contributed by atoms with van der Waals surface area (Å²) in [6.07, 6.45) is 5.06. The Morgan fingerprint density at radius 1 is 1.28 bits per heavy atom. The Labute approximate surface area is 109 Å².